The zero-order valence-electron chi connectivity index (χ0n) is 9.14. The topological polar surface area (TPSA) is 34.1 Å². The molecule has 2 rings (SSSR count). The minimum atomic E-state index is 0.537. The van der Waals surface area contributed by atoms with Gasteiger partial charge in [0.2, 0.25) is 0 Å². The van der Waals surface area contributed by atoms with Crippen LogP contribution in [0.25, 0.3) is 0 Å². The number of aromatic nitrogens is 1. The second-order valence-corrected chi connectivity index (χ2v) is 4.16. The molecule has 1 N–H and O–H groups in total. The van der Waals surface area contributed by atoms with Crippen LogP contribution in [0.2, 0.25) is 0 Å². The second-order valence-electron chi connectivity index (χ2n) is 3.44. The van der Waals surface area contributed by atoms with E-state index in [1.165, 1.54) is 5.56 Å². The average molecular weight is 234 g/mol. The van der Waals surface area contributed by atoms with Crippen LogP contribution in [0.3, 0.4) is 0 Å². The van der Waals surface area contributed by atoms with Gasteiger partial charge in [-0.05, 0) is 24.7 Å². The van der Waals surface area contributed by atoms with Crippen molar-refractivity contribution in [1.82, 2.24) is 10.3 Å². The molecule has 0 fully saturated rings. The maximum Gasteiger partial charge on any atom is 0.131 e. The maximum atomic E-state index is 5.61. The van der Waals surface area contributed by atoms with Gasteiger partial charge in [0, 0.05) is 11.9 Å². The van der Waals surface area contributed by atoms with Gasteiger partial charge >= 0.3 is 0 Å². The van der Waals surface area contributed by atoms with Crippen LogP contribution in [0.4, 0.5) is 0 Å². The van der Waals surface area contributed by atoms with Gasteiger partial charge in [-0.15, -0.1) is 11.3 Å². The lowest BCUT2D eigenvalue weighted by Crippen LogP contribution is -2.04. The molecule has 0 aliphatic carbocycles. The number of nitrogens with zero attached hydrogens (tertiary/aromatic N) is 1. The predicted molar refractivity (Wildman–Crippen MR) is 65.7 cm³/mol. The lowest BCUT2D eigenvalue weighted by Gasteiger charge is -2.05. The van der Waals surface area contributed by atoms with Crippen LogP contribution < -0.4 is 10.1 Å². The Bertz CT molecular complexity index is 411. The molecule has 1 aromatic carbocycles. The van der Waals surface area contributed by atoms with Crippen LogP contribution in [0.5, 0.6) is 5.75 Å². The number of ether oxygens (including phenoxy) is 1. The minimum Gasteiger partial charge on any atom is -0.487 e. The molecule has 0 radical (unpaired) electrons. The molecule has 3 nitrogen and oxygen atoms in total. The number of hydrogen-bond acceptors (Lipinski definition) is 4. The summed E-state index contributed by atoms with van der Waals surface area (Å²) in [7, 11) is 1.94. The van der Waals surface area contributed by atoms with E-state index in [-0.39, 0.29) is 0 Å². The molecule has 1 heterocycles. The fraction of sp³-hybridized carbons (Fsp3) is 0.250. The molecule has 0 aliphatic rings. The Morgan fingerprint density at radius 3 is 2.75 bits per heavy atom. The van der Waals surface area contributed by atoms with E-state index in [9.17, 15) is 0 Å². The second kappa shape index (κ2) is 5.63. The lowest BCUT2D eigenvalue weighted by molar-refractivity contribution is 0.302. The number of rotatable bonds is 5. The summed E-state index contributed by atoms with van der Waals surface area (Å²) < 4.78 is 5.61. The summed E-state index contributed by atoms with van der Waals surface area (Å²) in [6, 6.07) is 8.10. The SMILES string of the molecule is CNCc1ccc(OCc2cscn2)cc1. The van der Waals surface area contributed by atoms with Crippen LogP contribution in [0, 0.1) is 0 Å². The van der Waals surface area contributed by atoms with Crippen molar-refractivity contribution < 1.29 is 4.74 Å². The van der Waals surface area contributed by atoms with Crippen molar-refractivity contribution in [1.29, 1.82) is 0 Å². The lowest BCUT2D eigenvalue weighted by atomic mass is 10.2. The molecule has 0 saturated heterocycles. The van der Waals surface area contributed by atoms with Crippen molar-refractivity contribution in [3.05, 3.63) is 46.4 Å². The third-order valence-electron chi connectivity index (χ3n) is 2.17. The molecule has 0 atom stereocenters. The van der Waals surface area contributed by atoms with Crippen LogP contribution in [-0.2, 0) is 13.2 Å². The first-order valence-corrected chi connectivity index (χ1v) is 6.06. The van der Waals surface area contributed by atoms with Gasteiger partial charge in [0.1, 0.15) is 12.4 Å². The van der Waals surface area contributed by atoms with Crippen molar-refractivity contribution >= 4 is 11.3 Å². The monoisotopic (exact) mass is 234 g/mol. The minimum absolute atomic E-state index is 0.537. The summed E-state index contributed by atoms with van der Waals surface area (Å²) in [5.74, 6) is 0.882. The van der Waals surface area contributed by atoms with E-state index >= 15 is 0 Å². The number of nitrogens with one attached hydrogen (secondary N) is 1. The van der Waals surface area contributed by atoms with E-state index in [0.717, 1.165) is 18.0 Å². The Labute approximate surface area is 99.1 Å². The number of thiazole rings is 1. The van der Waals surface area contributed by atoms with Crippen molar-refractivity contribution in [3.8, 4) is 5.75 Å². The first-order valence-electron chi connectivity index (χ1n) is 5.12. The molecule has 0 spiro atoms. The Hall–Kier alpha value is -1.39. The molecule has 16 heavy (non-hydrogen) atoms. The molecule has 2 aromatic rings. The van der Waals surface area contributed by atoms with E-state index in [1.54, 1.807) is 11.3 Å². The highest BCUT2D eigenvalue weighted by molar-refractivity contribution is 7.07. The normalized spacial score (nSPS) is 10.3. The first kappa shape index (κ1) is 11.1. The van der Waals surface area contributed by atoms with Gasteiger partial charge in [0.15, 0.2) is 0 Å². The van der Waals surface area contributed by atoms with E-state index in [0.29, 0.717) is 6.61 Å². The smallest absolute Gasteiger partial charge is 0.131 e. The van der Waals surface area contributed by atoms with Gasteiger partial charge in [0.05, 0.1) is 11.2 Å². The van der Waals surface area contributed by atoms with E-state index < -0.39 is 0 Å². The van der Waals surface area contributed by atoms with Gasteiger partial charge in [-0.3, -0.25) is 0 Å². The molecular weight excluding hydrogens is 220 g/mol. The van der Waals surface area contributed by atoms with Crippen molar-refractivity contribution in [2.45, 2.75) is 13.2 Å². The average Bonchev–Trinajstić information content (AvgIpc) is 2.82. The maximum absolute atomic E-state index is 5.61. The van der Waals surface area contributed by atoms with E-state index in [4.69, 9.17) is 4.74 Å². The third kappa shape index (κ3) is 3.05. The number of hydrogen-bond donors (Lipinski definition) is 1. The Morgan fingerprint density at radius 2 is 2.12 bits per heavy atom. The van der Waals surface area contributed by atoms with Crippen LogP contribution in [0.1, 0.15) is 11.3 Å². The Kier molecular flexibility index (Phi) is 3.91. The summed E-state index contributed by atoms with van der Waals surface area (Å²) in [4.78, 5) is 4.16. The number of benzene rings is 1. The standard InChI is InChI=1S/C12H14N2OS/c1-13-6-10-2-4-12(5-3-10)15-7-11-8-16-9-14-11/h2-5,8-9,13H,6-7H2,1H3. The first-order chi connectivity index (χ1) is 7.88. The predicted octanol–water partition coefficient (Wildman–Crippen LogP) is 2.44. The molecule has 0 saturated carbocycles. The van der Waals surface area contributed by atoms with Crippen molar-refractivity contribution in [2.24, 2.45) is 0 Å². The zero-order valence-corrected chi connectivity index (χ0v) is 9.96. The van der Waals surface area contributed by atoms with Gasteiger partial charge < -0.3 is 10.1 Å². The molecule has 84 valence electrons. The molecular formula is C12H14N2OS. The van der Waals surface area contributed by atoms with Gasteiger partial charge in [-0.1, -0.05) is 12.1 Å². The quantitative estimate of drug-likeness (QED) is 0.862. The largest absolute Gasteiger partial charge is 0.487 e. The third-order valence-corrected chi connectivity index (χ3v) is 2.81. The van der Waals surface area contributed by atoms with Crippen LogP contribution in [0.15, 0.2) is 35.2 Å². The fourth-order valence-electron chi connectivity index (χ4n) is 1.37. The summed E-state index contributed by atoms with van der Waals surface area (Å²) in [6.45, 7) is 1.42. The fourth-order valence-corrected chi connectivity index (χ4v) is 1.92. The molecule has 4 heteroatoms. The highest BCUT2D eigenvalue weighted by Crippen LogP contribution is 2.14. The van der Waals surface area contributed by atoms with Crippen molar-refractivity contribution in [3.63, 3.8) is 0 Å². The van der Waals surface area contributed by atoms with Crippen molar-refractivity contribution in [2.75, 3.05) is 7.05 Å². The molecule has 0 unspecified atom stereocenters. The van der Waals surface area contributed by atoms with E-state index in [1.807, 2.05) is 30.1 Å². The Morgan fingerprint density at radius 1 is 1.31 bits per heavy atom. The molecule has 1 aromatic heterocycles. The van der Waals surface area contributed by atoms with Crippen LogP contribution in [-0.4, -0.2) is 12.0 Å². The van der Waals surface area contributed by atoms with Gasteiger partial charge in [-0.2, -0.15) is 0 Å². The summed E-state index contributed by atoms with van der Waals surface area (Å²) in [5, 5.41) is 5.10. The van der Waals surface area contributed by atoms with Gasteiger partial charge in [-0.25, -0.2) is 4.98 Å². The summed E-state index contributed by atoms with van der Waals surface area (Å²) >= 11 is 1.58. The Balaban J connectivity index is 1.90. The van der Waals surface area contributed by atoms with Crippen LogP contribution >= 0.6 is 11.3 Å². The molecule has 0 amide bonds. The highest BCUT2D eigenvalue weighted by Gasteiger charge is 1.97. The highest BCUT2D eigenvalue weighted by atomic mass is 32.1. The zero-order chi connectivity index (χ0) is 11.2. The summed E-state index contributed by atoms with van der Waals surface area (Å²) in [6.07, 6.45) is 0. The van der Waals surface area contributed by atoms with E-state index in [2.05, 4.69) is 22.4 Å². The molecule has 0 bridgehead atoms. The summed E-state index contributed by atoms with van der Waals surface area (Å²) in [5.41, 5.74) is 4.04. The van der Waals surface area contributed by atoms with Gasteiger partial charge in [0.25, 0.3) is 0 Å². The molecule has 0 aliphatic heterocycles.